The normalized spacial score (nSPS) is 17.9. The first-order valence-electron chi connectivity index (χ1n) is 12.2. The molecule has 1 aliphatic rings. The van der Waals surface area contributed by atoms with E-state index < -0.39 is 48.7 Å². The second kappa shape index (κ2) is 10.3. The van der Waals surface area contributed by atoms with Crippen LogP contribution in [0.3, 0.4) is 0 Å². The number of benzene rings is 1. The molecule has 2 aromatic heterocycles. The molecular formula is C24H28F5N7O2. The van der Waals surface area contributed by atoms with Crippen molar-refractivity contribution in [1.29, 1.82) is 0 Å². The molecule has 2 heterocycles. The number of H-pyrrole nitrogens is 1. The third-order valence-corrected chi connectivity index (χ3v) is 6.84. The monoisotopic (exact) mass is 541 g/mol. The van der Waals surface area contributed by atoms with Gasteiger partial charge in [-0.15, -0.1) is 0 Å². The predicted molar refractivity (Wildman–Crippen MR) is 126 cm³/mol. The van der Waals surface area contributed by atoms with Crippen LogP contribution >= 0.6 is 0 Å². The molecular weight excluding hydrogens is 513 g/mol. The highest BCUT2D eigenvalue weighted by atomic mass is 19.4. The SMILES string of the molecule is C[C@@H](NC(=O)CCC(F)(F)F)c1ccc2nc([C@@H](c3nc(C(N)=O)n(C)n3)C3CCC(F)(F)CC3)[nH]c2c1. The van der Waals surface area contributed by atoms with Gasteiger partial charge in [0.2, 0.25) is 17.7 Å². The van der Waals surface area contributed by atoms with Crippen molar-refractivity contribution in [3.63, 3.8) is 0 Å². The second-order valence-corrected chi connectivity index (χ2v) is 9.76. The maximum Gasteiger partial charge on any atom is 0.389 e. The summed E-state index contributed by atoms with van der Waals surface area (Å²) in [5, 5.41) is 6.89. The summed E-state index contributed by atoms with van der Waals surface area (Å²) in [6.45, 7) is 1.65. The van der Waals surface area contributed by atoms with Crippen molar-refractivity contribution in [3.8, 4) is 0 Å². The Morgan fingerprint density at radius 3 is 2.53 bits per heavy atom. The van der Waals surface area contributed by atoms with Crippen LogP contribution in [-0.4, -0.2) is 48.6 Å². The summed E-state index contributed by atoms with van der Waals surface area (Å²) in [5.41, 5.74) is 7.15. The summed E-state index contributed by atoms with van der Waals surface area (Å²) in [7, 11) is 1.51. The molecule has 0 aliphatic heterocycles. The van der Waals surface area contributed by atoms with E-state index in [1.54, 1.807) is 25.1 Å². The average molecular weight is 542 g/mol. The lowest BCUT2D eigenvalue weighted by atomic mass is 9.78. The van der Waals surface area contributed by atoms with E-state index in [2.05, 4.69) is 25.4 Å². The molecule has 0 saturated heterocycles. The van der Waals surface area contributed by atoms with Gasteiger partial charge in [-0.1, -0.05) is 6.07 Å². The Hall–Kier alpha value is -3.58. The van der Waals surface area contributed by atoms with Crippen LogP contribution in [0.25, 0.3) is 11.0 Å². The van der Waals surface area contributed by atoms with E-state index >= 15 is 0 Å². The Bertz CT molecular complexity index is 1320. The van der Waals surface area contributed by atoms with Crippen LogP contribution in [0.4, 0.5) is 22.0 Å². The highest BCUT2D eigenvalue weighted by molar-refractivity contribution is 5.89. The number of imidazole rings is 1. The number of nitrogens with two attached hydrogens (primary N) is 1. The van der Waals surface area contributed by atoms with Crippen molar-refractivity contribution < 1.29 is 31.5 Å². The van der Waals surface area contributed by atoms with Crippen molar-refractivity contribution in [3.05, 3.63) is 41.2 Å². The molecule has 0 bridgehead atoms. The van der Waals surface area contributed by atoms with Gasteiger partial charge in [0, 0.05) is 26.3 Å². The standard InChI is InChI=1S/C24H28F5N7O2/c1-12(31-17(37)7-10-24(27,28)29)14-3-4-15-16(11-14)33-20(32-15)18(13-5-8-23(25,26)9-6-13)21-34-22(19(30)38)36(2)35-21/h3-4,11-13,18H,5-10H2,1-2H3,(H2,30,38)(H,31,37)(H,32,33)/t12-,18+/m1/s1. The van der Waals surface area contributed by atoms with Gasteiger partial charge < -0.3 is 16.0 Å². The Balaban J connectivity index is 1.62. The fourth-order valence-corrected chi connectivity index (χ4v) is 4.82. The number of nitrogens with zero attached hydrogens (tertiary/aromatic N) is 4. The first-order chi connectivity index (χ1) is 17.7. The first kappa shape index (κ1) is 27.5. The number of hydrogen-bond donors (Lipinski definition) is 3. The number of rotatable bonds is 8. The molecule has 1 saturated carbocycles. The Labute approximate surface area is 214 Å². The fourth-order valence-electron chi connectivity index (χ4n) is 4.82. The average Bonchev–Trinajstić information content (AvgIpc) is 3.41. The lowest BCUT2D eigenvalue weighted by Crippen LogP contribution is -2.29. The summed E-state index contributed by atoms with van der Waals surface area (Å²) in [5.74, 6) is -4.54. The molecule has 1 fully saturated rings. The molecule has 14 heteroatoms. The van der Waals surface area contributed by atoms with Crippen molar-refractivity contribution >= 4 is 22.8 Å². The molecule has 4 rings (SSSR count). The smallest absolute Gasteiger partial charge is 0.363 e. The van der Waals surface area contributed by atoms with E-state index in [0.717, 1.165) is 0 Å². The van der Waals surface area contributed by atoms with Crippen molar-refractivity contribution in [1.82, 2.24) is 30.0 Å². The molecule has 1 aliphatic carbocycles. The Kier molecular flexibility index (Phi) is 7.44. The van der Waals surface area contributed by atoms with Crippen LogP contribution < -0.4 is 11.1 Å². The maximum atomic E-state index is 13.9. The zero-order valence-electron chi connectivity index (χ0n) is 20.8. The largest absolute Gasteiger partial charge is 0.389 e. The number of nitrogens with one attached hydrogen (secondary N) is 2. The zero-order chi connectivity index (χ0) is 27.8. The molecule has 0 radical (unpaired) electrons. The lowest BCUT2D eigenvalue weighted by Gasteiger charge is -2.31. The van der Waals surface area contributed by atoms with Gasteiger partial charge in [0.25, 0.3) is 5.91 Å². The van der Waals surface area contributed by atoms with Crippen molar-refractivity contribution in [2.24, 2.45) is 18.7 Å². The highest BCUT2D eigenvalue weighted by Crippen LogP contribution is 2.44. The molecule has 4 N–H and O–H groups in total. The summed E-state index contributed by atoms with van der Waals surface area (Å²) < 4.78 is 66.3. The van der Waals surface area contributed by atoms with Crippen LogP contribution in [0.15, 0.2) is 18.2 Å². The summed E-state index contributed by atoms with van der Waals surface area (Å²) >= 11 is 0. The molecule has 2 amide bonds. The number of halogens is 5. The van der Waals surface area contributed by atoms with Gasteiger partial charge in [-0.05, 0) is 43.4 Å². The second-order valence-electron chi connectivity index (χ2n) is 9.76. The lowest BCUT2D eigenvalue weighted by molar-refractivity contribution is -0.144. The summed E-state index contributed by atoms with van der Waals surface area (Å²) in [4.78, 5) is 35.8. The zero-order valence-corrected chi connectivity index (χ0v) is 20.8. The molecule has 3 aromatic rings. The maximum absolute atomic E-state index is 13.9. The van der Waals surface area contributed by atoms with Gasteiger partial charge in [0.05, 0.1) is 29.4 Å². The number of carbonyl (C=O) groups excluding carboxylic acids is 2. The van der Waals surface area contributed by atoms with Gasteiger partial charge in [0.1, 0.15) is 5.82 Å². The molecule has 9 nitrogen and oxygen atoms in total. The molecule has 206 valence electrons. The van der Waals surface area contributed by atoms with E-state index in [-0.39, 0.29) is 43.3 Å². The highest BCUT2D eigenvalue weighted by Gasteiger charge is 2.41. The van der Waals surface area contributed by atoms with Crippen molar-refractivity contribution in [2.45, 2.75) is 69.5 Å². The minimum Gasteiger partial charge on any atom is -0.363 e. The first-order valence-corrected chi connectivity index (χ1v) is 12.2. The van der Waals surface area contributed by atoms with Crippen molar-refractivity contribution in [2.75, 3.05) is 0 Å². The Morgan fingerprint density at radius 1 is 1.24 bits per heavy atom. The van der Waals surface area contributed by atoms with Gasteiger partial charge in [-0.3, -0.25) is 9.59 Å². The number of amides is 2. The number of aromatic nitrogens is 5. The third kappa shape index (κ3) is 6.27. The summed E-state index contributed by atoms with van der Waals surface area (Å²) in [6, 6.07) is 4.53. The minimum atomic E-state index is -4.42. The number of primary amides is 1. The van der Waals surface area contributed by atoms with E-state index in [4.69, 9.17) is 5.73 Å². The molecule has 0 spiro atoms. The van der Waals surface area contributed by atoms with Gasteiger partial charge >= 0.3 is 6.18 Å². The van der Waals surface area contributed by atoms with Gasteiger partial charge in [-0.25, -0.2) is 23.4 Å². The number of carbonyl (C=O) groups is 2. The fraction of sp³-hybridized carbons (Fsp3) is 0.542. The van der Waals surface area contributed by atoms with Gasteiger partial charge in [0.15, 0.2) is 5.82 Å². The minimum absolute atomic E-state index is 0.0698. The van der Waals surface area contributed by atoms with Crippen LogP contribution in [0.1, 0.15) is 85.2 Å². The number of aryl methyl sites for hydroxylation is 1. The molecule has 38 heavy (non-hydrogen) atoms. The van der Waals surface area contributed by atoms with E-state index in [1.807, 2.05) is 0 Å². The molecule has 2 atom stereocenters. The van der Waals surface area contributed by atoms with Gasteiger partial charge in [-0.2, -0.15) is 18.3 Å². The van der Waals surface area contributed by atoms with Crippen LogP contribution in [0, 0.1) is 5.92 Å². The number of fused-ring (bicyclic) bond motifs is 1. The van der Waals surface area contributed by atoms with Crippen LogP contribution in [-0.2, 0) is 11.8 Å². The van der Waals surface area contributed by atoms with Crippen LogP contribution in [0.2, 0.25) is 0 Å². The topological polar surface area (TPSA) is 132 Å². The molecule has 1 aromatic carbocycles. The van der Waals surface area contributed by atoms with E-state index in [9.17, 15) is 31.5 Å². The van der Waals surface area contributed by atoms with E-state index in [0.29, 0.717) is 22.4 Å². The number of hydrogen-bond acceptors (Lipinski definition) is 5. The number of aromatic amines is 1. The summed E-state index contributed by atoms with van der Waals surface area (Å²) in [6.07, 6.45) is -6.48. The third-order valence-electron chi connectivity index (χ3n) is 6.84. The Morgan fingerprint density at radius 2 is 1.92 bits per heavy atom. The van der Waals surface area contributed by atoms with Crippen LogP contribution in [0.5, 0.6) is 0 Å². The quantitative estimate of drug-likeness (QED) is 0.367. The number of alkyl halides is 5. The molecule has 0 unspecified atom stereocenters. The predicted octanol–water partition coefficient (Wildman–Crippen LogP) is 4.27. The van der Waals surface area contributed by atoms with E-state index in [1.165, 1.54) is 11.7 Å².